The minimum Gasteiger partial charge on any atom is -0.482 e. The summed E-state index contributed by atoms with van der Waals surface area (Å²) in [5.41, 5.74) is 3.86. The van der Waals surface area contributed by atoms with E-state index in [0.717, 1.165) is 27.0 Å². The number of fused-ring (bicyclic) bond motifs is 2. The van der Waals surface area contributed by atoms with Crippen LogP contribution in [0.5, 0.6) is 11.5 Å². The first-order chi connectivity index (χ1) is 15.0. The molecule has 2 amide bonds. The first-order valence-electron chi connectivity index (χ1n) is 9.31. The smallest absolute Gasteiger partial charge is 0.262 e. The number of rotatable bonds is 1. The normalized spacial score (nSPS) is 13.5. The van der Waals surface area contributed by atoms with Gasteiger partial charge in [0.2, 0.25) is 0 Å². The number of carbonyl (C=O) groups is 2. The molecule has 0 atom stereocenters. The molecule has 2 aliphatic heterocycles. The zero-order valence-electron chi connectivity index (χ0n) is 16.1. The molecule has 2 heterocycles. The minimum absolute atomic E-state index is 0.0518. The van der Waals surface area contributed by atoms with Crippen molar-refractivity contribution in [2.24, 2.45) is 0 Å². The molecule has 3 aromatic rings. The average molecular weight is 478 g/mol. The monoisotopic (exact) mass is 477 g/mol. The van der Waals surface area contributed by atoms with Crippen LogP contribution in [0.1, 0.15) is 5.56 Å². The number of benzene rings is 3. The summed E-state index contributed by atoms with van der Waals surface area (Å²) in [7, 11) is 0. The van der Waals surface area contributed by atoms with Gasteiger partial charge in [0.25, 0.3) is 11.8 Å². The molecule has 3 aromatic carbocycles. The predicted molar refractivity (Wildman–Crippen MR) is 119 cm³/mol. The van der Waals surface area contributed by atoms with Crippen LogP contribution >= 0.6 is 15.9 Å². The second kappa shape index (κ2) is 8.90. The van der Waals surface area contributed by atoms with E-state index in [4.69, 9.17) is 14.7 Å². The van der Waals surface area contributed by atoms with Gasteiger partial charge in [-0.15, -0.1) is 0 Å². The Morgan fingerprint density at radius 1 is 0.806 bits per heavy atom. The standard InChI is InChI=1S/C15H10N2O2.C8H6BrNO2/c16-8-10-2-1-3-11(6-10)12-4-5-14-13(7-12)17-15(18)9-19-14;9-5-1-2-7-6(3-5)10-8(11)4-12-7/h1-7H,9H2,(H,17,18);1-3H,4H2,(H,10,11). The maximum Gasteiger partial charge on any atom is 0.262 e. The lowest BCUT2D eigenvalue weighted by molar-refractivity contribution is -0.119. The Hall–Kier alpha value is -3.83. The van der Waals surface area contributed by atoms with Crippen LogP contribution in [0, 0.1) is 11.3 Å². The average Bonchev–Trinajstić information content (AvgIpc) is 2.78. The first-order valence-corrected chi connectivity index (χ1v) is 10.1. The number of nitrogens with zero attached hydrogens (tertiary/aromatic N) is 1. The van der Waals surface area contributed by atoms with Crippen LogP contribution in [-0.4, -0.2) is 25.0 Å². The van der Waals surface area contributed by atoms with Gasteiger partial charge >= 0.3 is 0 Å². The molecule has 0 bridgehead atoms. The summed E-state index contributed by atoms with van der Waals surface area (Å²) in [6.45, 7) is 0.158. The molecule has 0 fully saturated rings. The SMILES string of the molecule is N#Cc1cccc(-c2ccc3c(c2)NC(=O)CO3)c1.O=C1COc2ccc(Br)cc2N1. The van der Waals surface area contributed by atoms with Crippen molar-refractivity contribution in [3.05, 3.63) is 70.7 Å². The van der Waals surface area contributed by atoms with Gasteiger partial charge in [0, 0.05) is 4.47 Å². The lowest BCUT2D eigenvalue weighted by atomic mass is 10.0. The van der Waals surface area contributed by atoms with Crippen molar-refractivity contribution in [2.45, 2.75) is 0 Å². The zero-order chi connectivity index (χ0) is 21.8. The predicted octanol–water partition coefficient (Wildman–Crippen LogP) is 4.34. The van der Waals surface area contributed by atoms with E-state index in [1.807, 2.05) is 54.6 Å². The minimum atomic E-state index is -0.157. The Labute approximate surface area is 186 Å². The number of ether oxygens (including phenoxy) is 2. The molecule has 2 N–H and O–H groups in total. The molecular formula is C23H16BrN3O4. The molecule has 0 aliphatic carbocycles. The molecule has 0 saturated heterocycles. The molecule has 0 saturated carbocycles. The number of nitriles is 1. The number of amides is 2. The topological polar surface area (TPSA) is 100 Å². The van der Waals surface area contributed by atoms with Crippen LogP contribution < -0.4 is 20.1 Å². The molecule has 31 heavy (non-hydrogen) atoms. The summed E-state index contributed by atoms with van der Waals surface area (Å²) in [5, 5.41) is 14.4. The molecular weight excluding hydrogens is 462 g/mol. The quantitative estimate of drug-likeness (QED) is 0.542. The van der Waals surface area contributed by atoms with Crippen molar-refractivity contribution in [2.75, 3.05) is 23.8 Å². The Morgan fingerprint density at radius 2 is 1.42 bits per heavy atom. The van der Waals surface area contributed by atoms with Crippen LogP contribution in [0.4, 0.5) is 11.4 Å². The summed E-state index contributed by atoms with van der Waals surface area (Å²) >= 11 is 3.30. The van der Waals surface area contributed by atoms with Crippen LogP contribution in [0.25, 0.3) is 11.1 Å². The van der Waals surface area contributed by atoms with E-state index in [1.54, 1.807) is 6.07 Å². The number of anilines is 2. The molecule has 8 heteroatoms. The summed E-state index contributed by atoms with van der Waals surface area (Å²) in [6, 6.07) is 20.5. The number of carbonyl (C=O) groups excluding carboxylic acids is 2. The van der Waals surface area contributed by atoms with Crippen molar-refractivity contribution < 1.29 is 19.1 Å². The highest BCUT2D eigenvalue weighted by atomic mass is 79.9. The van der Waals surface area contributed by atoms with Gasteiger partial charge in [-0.25, -0.2) is 0 Å². The summed E-state index contributed by atoms with van der Waals surface area (Å²) < 4.78 is 11.4. The van der Waals surface area contributed by atoms with Crippen LogP contribution in [-0.2, 0) is 9.59 Å². The third-order valence-corrected chi connectivity index (χ3v) is 5.01. The van der Waals surface area contributed by atoms with E-state index in [2.05, 4.69) is 32.6 Å². The molecule has 2 aliphatic rings. The summed E-state index contributed by atoms with van der Waals surface area (Å²) in [6.07, 6.45) is 0. The highest BCUT2D eigenvalue weighted by molar-refractivity contribution is 9.10. The van der Waals surface area contributed by atoms with Gasteiger partial charge in [0.05, 0.1) is 23.0 Å². The number of nitrogens with one attached hydrogen (secondary N) is 2. The third-order valence-electron chi connectivity index (χ3n) is 4.51. The highest BCUT2D eigenvalue weighted by Crippen LogP contribution is 2.33. The maximum absolute atomic E-state index is 11.3. The van der Waals surface area contributed by atoms with Crippen molar-refractivity contribution in [1.29, 1.82) is 5.26 Å². The number of halogens is 1. The fourth-order valence-corrected chi connectivity index (χ4v) is 3.45. The van der Waals surface area contributed by atoms with Gasteiger partial charge in [0.1, 0.15) is 11.5 Å². The molecule has 5 rings (SSSR count). The fourth-order valence-electron chi connectivity index (χ4n) is 3.09. The van der Waals surface area contributed by atoms with E-state index < -0.39 is 0 Å². The first kappa shape index (κ1) is 20.4. The van der Waals surface area contributed by atoms with E-state index in [1.165, 1.54) is 0 Å². The van der Waals surface area contributed by atoms with Crippen molar-refractivity contribution in [3.8, 4) is 28.7 Å². The highest BCUT2D eigenvalue weighted by Gasteiger charge is 2.16. The number of hydrogen-bond acceptors (Lipinski definition) is 5. The Kier molecular flexibility index (Phi) is 5.87. The van der Waals surface area contributed by atoms with Gasteiger partial charge in [-0.05, 0) is 53.6 Å². The fraction of sp³-hybridized carbons (Fsp3) is 0.0870. The van der Waals surface area contributed by atoms with Gasteiger partial charge < -0.3 is 20.1 Å². The number of hydrogen-bond donors (Lipinski definition) is 2. The van der Waals surface area contributed by atoms with E-state index in [9.17, 15) is 9.59 Å². The van der Waals surface area contributed by atoms with Crippen molar-refractivity contribution in [1.82, 2.24) is 0 Å². The van der Waals surface area contributed by atoms with Gasteiger partial charge in [0.15, 0.2) is 13.2 Å². The summed E-state index contributed by atoms with van der Waals surface area (Å²) in [4.78, 5) is 22.2. The maximum atomic E-state index is 11.3. The van der Waals surface area contributed by atoms with E-state index in [-0.39, 0.29) is 25.0 Å². The molecule has 0 aromatic heterocycles. The van der Waals surface area contributed by atoms with Crippen LogP contribution in [0.2, 0.25) is 0 Å². The molecule has 0 unspecified atom stereocenters. The lowest BCUT2D eigenvalue weighted by Gasteiger charge is -2.18. The molecule has 7 nitrogen and oxygen atoms in total. The second-order valence-corrected chi connectivity index (χ2v) is 7.63. The zero-order valence-corrected chi connectivity index (χ0v) is 17.7. The van der Waals surface area contributed by atoms with Crippen LogP contribution in [0.3, 0.4) is 0 Å². The largest absolute Gasteiger partial charge is 0.482 e. The van der Waals surface area contributed by atoms with Gasteiger partial charge in [-0.3, -0.25) is 9.59 Å². The summed E-state index contributed by atoms with van der Waals surface area (Å²) in [5.74, 6) is 1.12. The van der Waals surface area contributed by atoms with Crippen molar-refractivity contribution in [3.63, 3.8) is 0 Å². The lowest BCUT2D eigenvalue weighted by Crippen LogP contribution is -2.25. The van der Waals surface area contributed by atoms with Crippen molar-refractivity contribution >= 4 is 39.1 Å². The van der Waals surface area contributed by atoms with E-state index in [0.29, 0.717) is 17.0 Å². The van der Waals surface area contributed by atoms with Crippen LogP contribution in [0.15, 0.2) is 65.1 Å². The van der Waals surface area contributed by atoms with Gasteiger partial charge in [-0.2, -0.15) is 5.26 Å². The van der Waals surface area contributed by atoms with E-state index >= 15 is 0 Å². The third kappa shape index (κ3) is 4.85. The second-order valence-electron chi connectivity index (χ2n) is 6.72. The Morgan fingerprint density at radius 3 is 2.10 bits per heavy atom. The molecule has 0 spiro atoms. The Bertz CT molecular complexity index is 1220. The molecule has 154 valence electrons. The Balaban J connectivity index is 0.000000166. The van der Waals surface area contributed by atoms with Gasteiger partial charge in [-0.1, -0.05) is 34.1 Å². The molecule has 0 radical (unpaired) electrons.